The Balaban J connectivity index is 1.74. The highest BCUT2D eigenvalue weighted by Gasteiger charge is 2.34. The molecule has 0 spiro atoms. The van der Waals surface area contributed by atoms with Crippen LogP contribution in [0.4, 0.5) is 17.6 Å². The zero-order valence-corrected chi connectivity index (χ0v) is 16.4. The molecule has 1 atom stereocenters. The Hall–Kier alpha value is -2.36. The van der Waals surface area contributed by atoms with E-state index in [9.17, 15) is 22.4 Å². The Morgan fingerprint density at radius 3 is 2.79 bits per heavy atom. The van der Waals surface area contributed by atoms with Gasteiger partial charge in [0, 0.05) is 32.2 Å². The number of likely N-dealkylation sites (tertiary alicyclic amines) is 1. The smallest absolute Gasteiger partial charge is 0.357 e. The van der Waals surface area contributed by atoms with Crippen molar-refractivity contribution in [3.8, 4) is 0 Å². The van der Waals surface area contributed by atoms with Crippen LogP contribution in [0.1, 0.15) is 18.9 Å². The Morgan fingerprint density at radius 2 is 2.10 bits per heavy atom. The molecule has 10 heteroatoms. The summed E-state index contributed by atoms with van der Waals surface area (Å²) in [7, 11) is 0. The van der Waals surface area contributed by atoms with Crippen LogP contribution in [0.15, 0.2) is 29.3 Å². The number of carbonyl (C=O) groups is 1. The minimum Gasteiger partial charge on any atom is -0.357 e. The van der Waals surface area contributed by atoms with Gasteiger partial charge in [-0.1, -0.05) is 12.1 Å². The number of benzene rings is 1. The summed E-state index contributed by atoms with van der Waals surface area (Å²) in [5.41, 5.74) is 0.589. The first kappa shape index (κ1) is 22.9. The number of rotatable bonds is 8. The summed E-state index contributed by atoms with van der Waals surface area (Å²) in [4.78, 5) is 17.6. The molecule has 1 aliphatic heterocycles. The zero-order chi connectivity index (χ0) is 21.3. The Kier molecular flexibility index (Phi) is 8.69. The van der Waals surface area contributed by atoms with E-state index in [4.69, 9.17) is 0 Å². The van der Waals surface area contributed by atoms with Crippen molar-refractivity contribution in [1.29, 1.82) is 0 Å². The third-order valence-corrected chi connectivity index (χ3v) is 4.32. The number of halogens is 4. The molecule has 1 amide bonds. The first-order valence-corrected chi connectivity index (χ1v) is 9.60. The van der Waals surface area contributed by atoms with Gasteiger partial charge in [0.1, 0.15) is 5.82 Å². The molecule has 0 aromatic heterocycles. The van der Waals surface area contributed by atoms with Gasteiger partial charge in [-0.3, -0.25) is 14.7 Å². The van der Waals surface area contributed by atoms with Crippen LogP contribution in [0.3, 0.4) is 0 Å². The monoisotopic (exact) mass is 417 g/mol. The number of nitrogens with one attached hydrogen (secondary N) is 3. The predicted molar refractivity (Wildman–Crippen MR) is 103 cm³/mol. The van der Waals surface area contributed by atoms with Crippen LogP contribution in [0.2, 0.25) is 0 Å². The molecule has 1 aromatic carbocycles. The maximum atomic E-state index is 13.1. The fourth-order valence-corrected chi connectivity index (χ4v) is 3.12. The summed E-state index contributed by atoms with van der Waals surface area (Å²) < 4.78 is 50.6. The van der Waals surface area contributed by atoms with E-state index in [1.807, 2.05) is 6.92 Å². The number of guanidine groups is 1. The van der Waals surface area contributed by atoms with Gasteiger partial charge in [-0.15, -0.1) is 0 Å². The lowest BCUT2D eigenvalue weighted by molar-refractivity contribution is -0.143. The molecule has 1 aromatic rings. The number of aliphatic imine (C=N–C) groups is 1. The maximum absolute atomic E-state index is 13.1. The van der Waals surface area contributed by atoms with Crippen LogP contribution in [0, 0.1) is 5.82 Å². The Morgan fingerprint density at radius 1 is 1.31 bits per heavy atom. The molecular formula is C19H27F4N5O. The summed E-state index contributed by atoms with van der Waals surface area (Å²) >= 11 is 0. The van der Waals surface area contributed by atoms with Crippen LogP contribution < -0.4 is 16.0 Å². The number of hydrogen-bond acceptors (Lipinski definition) is 3. The molecule has 1 fully saturated rings. The fourth-order valence-electron chi connectivity index (χ4n) is 3.12. The lowest BCUT2D eigenvalue weighted by Crippen LogP contribution is -2.45. The number of nitrogens with zero attached hydrogens (tertiary/aromatic N) is 2. The summed E-state index contributed by atoms with van der Waals surface area (Å²) in [6.07, 6.45) is -3.51. The molecule has 0 aliphatic carbocycles. The van der Waals surface area contributed by atoms with Gasteiger partial charge in [0.05, 0.1) is 19.5 Å². The van der Waals surface area contributed by atoms with Crippen LogP contribution in [0.25, 0.3) is 0 Å². The van der Waals surface area contributed by atoms with E-state index >= 15 is 0 Å². The number of hydrogen-bond donors (Lipinski definition) is 3. The van der Waals surface area contributed by atoms with Crippen molar-refractivity contribution in [2.24, 2.45) is 4.99 Å². The molecule has 6 nitrogen and oxygen atoms in total. The van der Waals surface area contributed by atoms with Gasteiger partial charge in [0.25, 0.3) is 0 Å². The van der Waals surface area contributed by atoms with Crippen molar-refractivity contribution >= 4 is 11.9 Å². The minimum absolute atomic E-state index is 0.0803. The fraction of sp³-hybridized carbons (Fsp3) is 0.579. The van der Waals surface area contributed by atoms with E-state index in [0.29, 0.717) is 50.7 Å². The van der Waals surface area contributed by atoms with Gasteiger partial charge < -0.3 is 16.0 Å². The largest absolute Gasteiger partial charge is 0.401 e. The topological polar surface area (TPSA) is 68.8 Å². The van der Waals surface area contributed by atoms with Gasteiger partial charge in [-0.2, -0.15) is 13.2 Å². The first-order valence-electron chi connectivity index (χ1n) is 9.60. The molecule has 1 saturated heterocycles. The highest BCUT2D eigenvalue weighted by molar-refractivity contribution is 5.80. The average Bonchev–Trinajstić information content (AvgIpc) is 3.03. The minimum atomic E-state index is -4.20. The molecule has 29 heavy (non-hydrogen) atoms. The Bertz CT molecular complexity index is 695. The second kappa shape index (κ2) is 11.0. The van der Waals surface area contributed by atoms with Crippen molar-refractivity contribution in [3.05, 3.63) is 35.6 Å². The van der Waals surface area contributed by atoms with E-state index in [2.05, 4.69) is 20.9 Å². The third kappa shape index (κ3) is 9.12. The maximum Gasteiger partial charge on any atom is 0.401 e. The average molecular weight is 417 g/mol. The molecule has 0 radical (unpaired) electrons. The zero-order valence-electron chi connectivity index (χ0n) is 16.4. The quantitative estimate of drug-likeness (QED) is 0.261. The SMILES string of the molecule is CCNC(=NCCNC(=O)Cc1cccc(F)c1)NC1CCN(CC(F)(F)F)C1. The number of alkyl halides is 3. The molecule has 2 rings (SSSR count). The number of amides is 1. The van der Waals surface area contributed by atoms with E-state index in [1.54, 1.807) is 12.1 Å². The van der Waals surface area contributed by atoms with Crippen molar-refractivity contribution < 1.29 is 22.4 Å². The van der Waals surface area contributed by atoms with Gasteiger partial charge in [0.15, 0.2) is 5.96 Å². The summed E-state index contributed by atoms with van der Waals surface area (Å²) in [5.74, 6) is -0.116. The lowest BCUT2D eigenvalue weighted by atomic mass is 10.1. The number of carbonyl (C=O) groups excluding carboxylic acids is 1. The predicted octanol–water partition coefficient (Wildman–Crippen LogP) is 1.68. The standard InChI is InChI=1S/C19H27F4N5O/c1-2-24-18(27-16-6-9-28(12-16)13-19(21,22)23)26-8-7-25-17(29)11-14-4-3-5-15(20)10-14/h3-5,10,16H,2,6-9,11-13H2,1H3,(H,25,29)(H2,24,26,27). The highest BCUT2D eigenvalue weighted by atomic mass is 19.4. The molecule has 162 valence electrons. The second-order valence-corrected chi connectivity index (χ2v) is 6.90. The van der Waals surface area contributed by atoms with Crippen molar-refractivity contribution in [1.82, 2.24) is 20.9 Å². The van der Waals surface area contributed by atoms with Crippen molar-refractivity contribution in [2.45, 2.75) is 32.0 Å². The third-order valence-electron chi connectivity index (χ3n) is 4.32. The molecule has 0 bridgehead atoms. The molecular weight excluding hydrogens is 390 g/mol. The van der Waals surface area contributed by atoms with E-state index < -0.39 is 12.7 Å². The van der Waals surface area contributed by atoms with E-state index in [0.717, 1.165) is 0 Å². The van der Waals surface area contributed by atoms with Crippen LogP contribution in [0.5, 0.6) is 0 Å². The molecule has 1 aliphatic rings. The Labute approximate surface area is 167 Å². The van der Waals surface area contributed by atoms with Crippen molar-refractivity contribution in [2.75, 3.05) is 39.3 Å². The molecule has 3 N–H and O–H groups in total. The highest BCUT2D eigenvalue weighted by Crippen LogP contribution is 2.19. The van der Waals surface area contributed by atoms with Crippen LogP contribution >= 0.6 is 0 Å². The van der Waals surface area contributed by atoms with Gasteiger partial charge in [0.2, 0.25) is 5.91 Å². The van der Waals surface area contributed by atoms with Crippen molar-refractivity contribution in [3.63, 3.8) is 0 Å². The van der Waals surface area contributed by atoms with Gasteiger partial charge >= 0.3 is 6.18 Å². The van der Waals surface area contributed by atoms with E-state index in [-0.39, 0.29) is 24.2 Å². The normalized spacial score (nSPS) is 18.0. The second-order valence-electron chi connectivity index (χ2n) is 6.90. The van der Waals surface area contributed by atoms with Gasteiger partial charge in [-0.25, -0.2) is 4.39 Å². The molecule has 0 saturated carbocycles. The van der Waals surface area contributed by atoms with E-state index in [1.165, 1.54) is 17.0 Å². The summed E-state index contributed by atoms with van der Waals surface area (Å²) in [6.45, 7) is 2.88. The first-order chi connectivity index (χ1) is 13.7. The van der Waals surface area contributed by atoms with Gasteiger partial charge in [-0.05, 0) is 31.0 Å². The molecule has 1 unspecified atom stereocenters. The summed E-state index contributed by atoms with van der Waals surface area (Å²) in [6, 6.07) is 5.75. The van der Waals surface area contributed by atoms with Crippen LogP contribution in [-0.4, -0.2) is 68.3 Å². The molecule has 1 heterocycles. The summed E-state index contributed by atoms with van der Waals surface area (Å²) in [5, 5.41) is 8.91. The van der Waals surface area contributed by atoms with Crippen LogP contribution in [-0.2, 0) is 11.2 Å². The lowest BCUT2D eigenvalue weighted by Gasteiger charge is -2.19.